The highest BCUT2D eigenvalue weighted by atomic mass is 16.5. The van der Waals surface area contributed by atoms with Crippen molar-refractivity contribution in [2.45, 2.75) is 45.1 Å². The van der Waals surface area contributed by atoms with Crippen molar-refractivity contribution in [1.29, 1.82) is 0 Å². The second-order valence-electron chi connectivity index (χ2n) is 5.20. The molecule has 0 aliphatic heterocycles. The fourth-order valence-corrected chi connectivity index (χ4v) is 2.76. The number of esters is 1. The van der Waals surface area contributed by atoms with Crippen LogP contribution in [0.15, 0.2) is 18.3 Å². The summed E-state index contributed by atoms with van der Waals surface area (Å²) in [6, 6.07) is 3.91. The first kappa shape index (κ1) is 13.8. The zero-order valence-electron chi connectivity index (χ0n) is 11.7. The Balaban J connectivity index is 2.00. The zero-order chi connectivity index (χ0) is 13.7. The summed E-state index contributed by atoms with van der Waals surface area (Å²) in [6.45, 7) is 2.25. The van der Waals surface area contributed by atoms with Gasteiger partial charge in [-0.15, -0.1) is 0 Å². The van der Waals surface area contributed by atoms with Crippen LogP contribution in [0.3, 0.4) is 0 Å². The lowest BCUT2D eigenvalue weighted by atomic mass is 9.84. The van der Waals surface area contributed by atoms with Crippen molar-refractivity contribution >= 4 is 11.8 Å². The molecule has 4 heteroatoms. The molecule has 19 heavy (non-hydrogen) atoms. The Bertz CT molecular complexity index is 434. The molecule has 2 rings (SSSR count). The number of hydrogen-bond donors (Lipinski definition) is 1. The maximum absolute atomic E-state index is 11.5. The van der Waals surface area contributed by atoms with E-state index < -0.39 is 0 Å². The van der Waals surface area contributed by atoms with Crippen LogP contribution in [0.25, 0.3) is 0 Å². The molecule has 1 aliphatic rings. The number of carbonyl (C=O) groups is 1. The number of carbonyl (C=O) groups excluding carboxylic acids is 1. The van der Waals surface area contributed by atoms with Gasteiger partial charge in [0.1, 0.15) is 5.82 Å². The van der Waals surface area contributed by atoms with Gasteiger partial charge in [-0.05, 0) is 30.9 Å². The summed E-state index contributed by atoms with van der Waals surface area (Å²) < 4.78 is 4.72. The third-order valence-corrected chi connectivity index (χ3v) is 3.89. The molecule has 2 unspecified atom stereocenters. The van der Waals surface area contributed by atoms with Gasteiger partial charge >= 0.3 is 5.97 Å². The third kappa shape index (κ3) is 3.69. The Morgan fingerprint density at radius 2 is 2.37 bits per heavy atom. The maximum atomic E-state index is 11.5. The molecule has 1 heterocycles. The van der Waals surface area contributed by atoms with Crippen molar-refractivity contribution in [1.82, 2.24) is 4.98 Å². The summed E-state index contributed by atoms with van der Waals surface area (Å²) >= 11 is 0. The third-order valence-electron chi connectivity index (χ3n) is 3.89. The van der Waals surface area contributed by atoms with Crippen LogP contribution in [0.2, 0.25) is 0 Å². The van der Waals surface area contributed by atoms with E-state index in [0.29, 0.717) is 11.6 Å². The van der Waals surface area contributed by atoms with Crippen molar-refractivity contribution in [2.75, 3.05) is 12.4 Å². The molecule has 1 aromatic heterocycles. The van der Waals surface area contributed by atoms with Crippen molar-refractivity contribution in [2.24, 2.45) is 5.92 Å². The summed E-state index contributed by atoms with van der Waals surface area (Å²) in [4.78, 5) is 15.8. The molecular formula is C15H22N2O2. The number of rotatable bonds is 4. The SMILES string of the molecule is CCC1CCCC(Nc2cc(C(=O)OC)ccn2)C1. The van der Waals surface area contributed by atoms with Crippen LogP contribution in [0.5, 0.6) is 0 Å². The van der Waals surface area contributed by atoms with Crippen LogP contribution in [0.1, 0.15) is 49.4 Å². The maximum Gasteiger partial charge on any atom is 0.338 e. The number of anilines is 1. The highest BCUT2D eigenvalue weighted by molar-refractivity contribution is 5.89. The van der Waals surface area contributed by atoms with E-state index in [1.807, 2.05) is 0 Å². The molecule has 0 saturated heterocycles. The van der Waals surface area contributed by atoms with Crippen molar-refractivity contribution in [3.8, 4) is 0 Å². The fourth-order valence-electron chi connectivity index (χ4n) is 2.76. The average Bonchev–Trinajstić information content (AvgIpc) is 2.47. The molecule has 0 amide bonds. The van der Waals surface area contributed by atoms with Gasteiger partial charge in [0, 0.05) is 12.2 Å². The Labute approximate surface area is 114 Å². The topological polar surface area (TPSA) is 51.2 Å². The fraction of sp³-hybridized carbons (Fsp3) is 0.600. The first-order valence-electron chi connectivity index (χ1n) is 7.03. The zero-order valence-corrected chi connectivity index (χ0v) is 11.7. The monoisotopic (exact) mass is 262 g/mol. The van der Waals surface area contributed by atoms with Gasteiger partial charge in [-0.2, -0.15) is 0 Å². The summed E-state index contributed by atoms with van der Waals surface area (Å²) in [5.74, 6) is 1.26. The molecule has 4 nitrogen and oxygen atoms in total. The largest absolute Gasteiger partial charge is 0.465 e. The predicted molar refractivity (Wildman–Crippen MR) is 75.2 cm³/mol. The van der Waals surface area contributed by atoms with Crippen LogP contribution in [0, 0.1) is 5.92 Å². The number of nitrogens with one attached hydrogen (secondary N) is 1. The predicted octanol–water partition coefficient (Wildman–Crippen LogP) is 3.25. The lowest BCUT2D eigenvalue weighted by Gasteiger charge is -2.29. The summed E-state index contributed by atoms with van der Waals surface area (Å²) in [5.41, 5.74) is 0.544. The van der Waals surface area contributed by atoms with Crippen LogP contribution >= 0.6 is 0 Å². The van der Waals surface area contributed by atoms with Crippen molar-refractivity contribution < 1.29 is 9.53 Å². The first-order valence-corrected chi connectivity index (χ1v) is 7.03. The van der Waals surface area contributed by atoms with Crippen LogP contribution < -0.4 is 5.32 Å². The van der Waals surface area contributed by atoms with Gasteiger partial charge in [-0.25, -0.2) is 9.78 Å². The van der Waals surface area contributed by atoms with Gasteiger partial charge in [0.15, 0.2) is 0 Å². The second kappa shape index (κ2) is 6.55. The average molecular weight is 262 g/mol. The van der Waals surface area contributed by atoms with E-state index in [2.05, 4.69) is 17.2 Å². The molecule has 1 aromatic rings. The van der Waals surface area contributed by atoms with E-state index in [1.54, 1.807) is 18.3 Å². The molecule has 1 aliphatic carbocycles. The summed E-state index contributed by atoms with van der Waals surface area (Å²) in [6.07, 6.45) is 7.88. The normalized spacial score (nSPS) is 22.8. The van der Waals surface area contributed by atoms with Crippen LogP contribution in [0.4, 0.5) is 5.82 Å². The number of pyridine rings is 1. The minimum atomic E-state index is -0.319. The number of methoxy groups -OCH3 is 1. The molecule has 0 aromatic carbocycles. The van der Waals surface area contributed by atoms with Gasteiger partial charge in [0.25, 0.3) is 0 Å². The Morgan fingerprint density at radius 3 is 3.11 bits per heavy atom. The second-order valence-corrected chi connectivity index (χ2v) is 5.20. The lowest BCUT2D eigenvalue weighted by Crippen LogP contribution is -2.27. The smallest absolute Gasteiger partial charge is 0.338 e. The number of nitrogens with zero attached hydrogens (tertiary/aromatic N) is 1. The van der Waals surface area contributed by atoms with Crippen LogP contribution in [-0.4, -0.2) is 24.1 Å². The van der Waals surface area contributed by atoms with E-state index in [9.17, 15) is 4.79 Å². The molecule has 1 fully saturated rings. The number of aromatic nitrogens is 1. The summed E-state index contributed by atoms with van der Waals surface area (Å²) in [5, 5.41) is 3.45. The molecule has 2 atom stereocenters. The molecule has 0 spiro atoms. The Morgan fingerprint density at radius 1 is 1.53 bits per heavy atom. The molecule has 104 valence electrons. The highest BCUT2D eigenvalue weighted by Crippen LogP contribution is 2.28. The standard InChI is InChI=1S/C15H22N2O2/c1-3-11-5-4-6-13(9-11)17-14-10-12(7-8-16-14)15(18)19-2/h7-8,10-11,13H,3-6,9H2,1-2H3,(H,16,17). The minimum absolute atomic E-state index is 0.319. The number of ether oxygens (including phenoxy) is 1. The van der Waals surface area contributed by atoms with E-state index in [1.165, 1.54) is 39.2 Å². The minimum Gasteiger partial charge on any atom is -0.465 e. The van der Waals surface area contributed by atoms with E-state index in [4.69, 9.17) is 4.74 Å². The quantitative estimate of drug-likeness (QED) is 0.846. The summed E-state index contributed by atoms with van der Waals surface area (Å²) in [7, 11) is 1.39. The van der Waals surface area contributed by atoms with E-state index in [-0.39, 0.29) is 5.97 Å². The Hall–Kier alpha value is -1.58. The molecular weight excluding hydrogens is 240 g/mol. The van der Waals surface area contributed by atoms with Gasteiger partial charge in [-0.3, -0.25) is 0 Å². The van der Waals surface area contributed by atoms with Gasteiger partial charge < -0.3 is 10.1 Å². The van der Waals surface area contributed by atoms with Gasteiger partial charge in [0.05, 0.1) is 12.7 Å². The molecule has 0 bridgehead atoms. The van der Waals surface area contributed by atoms with Gasteiger partial charge in [0.2, 0.25) is 0 Å². The Kier molecular flexibility index (Phi) is 4.77. The van der Waals surface area contributed by atoms with Crippen molar-refractivity contribution in [3.63, 3.8) is 0 Å². The van der Waals surface area contributed by atoms with Gasteiger partial charge in [-0.1, -0.05) is 26.2 Å². The van der Waals surface area contributed by atoms with E-state index in [0.717, 1.165) is 11.7 Å². The molecule has 0 radical (unpaired) electrons. The first-order chi connectivity index (χ1) is 9.22. The number of hydrogen-bond acceptors (Lipinski definition) is 4. The van der Waals surface area contributed by atoms with Crippen LogP contribution in [-0.2, 0) is 4.74 Å². The molecule has 1 saturated carbocycles. The molecule has 1 N–H and O–H groups in total. The lowest BCUT2D eigenvalue weighted by molar-refractivity contribution is 0.0600. The highest BCUT2D eigenvalue weighted by Gasteiger charge is 2.21. The van der Waals surface area contributed by atoms with Crippen molar-refractivity contribution in [3.05, 3.63) is 23.9 Å². The van der Waals surface area contributed by atoms with E-state index >= 15 is 0 Å².